The summed E-state index contributed by atoms with van der Waals surface area (Å²) in [5.41, 5.74) is -0.0892. The highest BCUT2D eigenvalue weighted by Gasteiger charge is 2.13. The molecular formula is C12H13N5O2S. The largest absolute Gasteiger partial charge is 0.351 e. The fraction of sp³-hybridized carbons (Fsp3) is 0.250. The first-order chi connectivity index (χ1) is 9.58. The van der Waals surface area contributed by atoms with Gasteiger partial charge in [0.05, 0.1) is 6.54 Å². The lowest BCUT2D eigenvalue weighted by Crippen LogP contribution is -2.36. The van der Waals surface area contributed by atoms with Crippen molar-refractivity contribution < 1.29 is 0 Å². The molecule has 0 aromatic carbocycles. The maximum atomic E-state index is 12.0. The second kappa shape index (κ2) is 4.64. The topological polar surface area (TPSA) is 84.7 Å². The molecule has 8 heteroatoms. The number of H-pyrrole nitrogens is 1. The van der Waals surface area contributed by atoms with Crippen LogP contribution < -0.4 is 16.6 Å². The first kappa shape index (κ1) is 12.7. The van der Waals surface area contributed by atoms with E-state index in [0.29, 0.717) is 23.7 Å². The molecule has 0 fully saturated rings. The van der Waals surface area contributed by atoms with E-state index in [2.05, 4.69) is 15.3 Å². The summed E-state index contributed by atoms with van der Waals surface area (Å²) in [6.07, 6.45) is 0. The lowest BCUT2D eigenvalue weighted by molar-refractivity contribution is 0.709. The van der Waals surface area contributed by atoms with Crippen molar-refractivity contribution in [2.24, 2.45) is 14.1 Å². The molecule has 0 bridgehead atoms. The van der Waals surface area contributed by atoms with Gasteiger partial charge in [0.2, 0.25) is 5.95 Å². The molecule has 0 aliphatic heterocycles. The molecule has 0 amide bonds. The smallest absolute Gasteiger partial charge is 0.332 e. The number of anilines is 1. The highest BCUT2D eigenvalue weighted by Crippen LogP contribution is 2.12. The molecule has 3 aromatic rings. The van der Waals surface area contributed by atoms with Gasteiger partial charge in [-0.15, -0.1) is 11.3 Å². The molecule has 7 nitrogen and oxygen atoms in total. The van der Waals surface area contributed by atoms with Crippen LogP contribution in [0.1, 0.15) is 4.88 Å². The normalized spacial score (nSPS) is 11.1. The molecule has 3 heterocycles. The zero-order chi connectivity index (χ0) is 14.3. The molecular weight excluding hydrogens is 278 g/mol. The summed E-state index contributed by atoms with van der Waals surface area (Å²) in [5.74, 6) is 0.478. The standard InChI is InChI=1S/C12H13N5O2S/c1-16-9-8(10(18)17(2)12(16)19)14-11(15-9)13-6-7-4-3-5-20-7/h3-5H,6H2,1-2H3,(H2,13,14,15). The molecule has 3 rings (SSSR count). The summed E-state index contributed by atoms with van der Waals surface area (Å²) in [6, 6.07) is 3.98. The van der Waals surface area contributed by atoms with Gasteiger partial charge in [-0.1, -0.05) is 6.07 Å². The molecule has 0 saturated carbocycles. The molecule has 0 radical (unpaired) electrons. The van der Waals surface area contributed by atoms with Crippen LogP contribution in [0.5, 0.6) is 0 Å². The van der Waals surface area contributed by atoms with E-state index in [1.54, 1.807) is 18.4 Å². The predicted molar refractivity (Wildman–Crippen MR) is 78.2 cm³/mol. The third-order valence-corrected chi connectivity index (χ3v) is 3.98. The molecule has 0 aliphatic carbocycles. The van der Waals surface area contributed by atoms with E-state index >= 15 is 0 Å². The summed E-state index contributed by atoms with van der Waals surface area (Å²) in [4.78, 5) is 32.2. The van der Waals surface area contributed by atoms with E-state index in [1.165, 1.54) is 11.6 Å². The predicted octanol–water partition coefficient (Wildman–Crippen LogP) is 0.634. The quantitative estimate of drug-likeness (QED) is 0.741. The van der Waals surface area contributed by atoms with Crippen molar-refractivity contribution in [3.8, 4) is 0 Å². The van der Waals surface area contributed by atoms with Crippen LogP contribution in [0.25, 0.3) is 11.2 Å². The Morgan fingerprint density at radius 2 is 2.15 bits per heavy atom. The van der Waals surface area contributed by atoms with Crippen LogP contribution in [0.3, 0.4) is 0 Å². The average Bonchev–Trinajstić information content (AvgIpc) is 3.09. The Hall–Kier alpha value is -2.35. The maximum Gasteiger partial charge on any atom is 0.332 e. The van der Waals surface area contributed by atoms with Crippen LogP contribution in [0.2, 0.25) is 0 Å². The van der Waals surface area contributed by atoms with Gasteiger partial charge >= 0.3 is 5.69 Å². The third kappa shape index (κ3) is 1.94. The SMILES string of the molecule is Cn1c(=O)c2[nH]c(NCc3cccs3)nc2n(C)c1=O. The van der Waals surface area contributed by atoms with Gasteiger partial charge in [-0.25, -0.2) is 4.79 Å². The lowest BCUT2D eigenvalue weighted by Gasteiger charge is -2.00. The van der Waals surface area contributed by atoms with Gasteiger partial charge in [0.25, 0.3) is 5.56 Å². The average molecular weight is 291 g/mol. The number of nitrogens with zero attached hydrogens (tertiary/aromatic N) is 3. The number of rotatable bonds is 3. The van der Waals surface area contributed by atoms with E-state index in [9.17, 15) is 9.59 Å². The van der Waals surface area contributed by atoms with Crippen LogP contribution >= 0.6 is 11.3 Å². The summed E-state index contributed by atoms with van der Waals surface area (Å²) < 4.78 is 2.41. The lowest BCUT2D eigenvalue weighted by atomic mass is 10.5. The van der Waals surface area contributed by atoms with Crippen LogP contribution in [0.15, 0.2) is 27.1 Å². The first-order valence-electron chi connectivity index (χ1n) is 6.00. The minimum Gasteiger partial charge on any atom is -0.351 e. The molecule has 0 saturated heterocycles. The Bertz CT molecular complexity index is 872. The van der Waals surface area contributed by atoms with Crippen molar-refractivity contribution >= 4 is 28.4 Å². The van der Waals surface area contributed by atoms with Crippen molar-refractivity contribution in [1.29, 1.82) is 0 Å². The number of nitrogens with one attached hydrogen (secondary N) is 2. The first-order valence-corrected chi connectivity index (χ1v) is 6.88. The van der Waals surface area contributed by atoms with E-state index in [4.69, 9.17) is 0 Å². The second-order valence-corrected chi connectivity index (χ2v) is 5.45. The van der Waals surface area contributed by atoms with Crippen molar-refractivity contribution in [2.45, 2.75) is 6.54 Å². The van der Waals surface area contributed by atoms with Crippen molar-refractivity contribution in [1.82, 2.24) is 19.1 Å². The molecule has 2 N–H and O–H groups in total. The second-order valence-electron chi connectivity index (χ2n) is 4.42. The molecule has 104 valence electrons. The van der Waals surface area contributed by atoms with Crippen LogP contribution in [0.4, 0.5) is 5.95 Å². The fourth-order valence-corrected chi connectivity index (χ4v) is 2.64. The van der Waals surface area contributed by atoms with Gasteiger partial charge in [-0.3, -0.25) is 13.9 Å². The van der Waals surface area contributed by atoms with E-state index in [0.717, 1.165) is 9.44 Å². The minimum atomic E-state index is -0.390. The number of thiophene rings is 1. The Morgan fingerprint density at radius 3 is 2.85 bits per heavy atom. The van der Waals surface area contributed by atoms with Crippen LogP contribution in [0, 0.1) is 0 Å². The van der Waals surface area contributed by atoms with Crippen LogP contribution in [-0.4, -0.2) is 19.1 Å². The summed E-state index contributed by atoms with van der Waals surface area (Å²) in [7, 11) is 3.04. The van der Waals surface area contributed by atoms with Gasteiger partial charge in [0.15, 0.2) is 11.2 Å². The van der Waals surface area contributed by atoms with Gasteiger partial charge in [0.1, 0.15) is 0 Å². The van der Waals surface area contributed by atoms with Gasteiger partial charge in [-0.2, -0.15) is 4.98 Å². The van der Waals surface area contributed by atoms with Gasteiger partial charge in [-0.05, 0) is 11.4 Å². The third-order valence-electron chi connectivity index (χ3n) is 3.10. The number of fused-ring (bicyclic) bond motifs is 1. The van der Waals surface area contributed by atoms with E-state index < -0.39 is 0 Å². The molecule has 20 heavy (non-hydrogen) atoms. The van der Waals surface area contributed by atoms with E-state index in [1.807, 2.05) is 17.5 Å². The van der Waals surface area contributed by atoms with Gasteiger partial charge < -0.3 is 10.3 Å². The Kier molecular flexibility index (Phi) is 2.94. The van der Waals surface area contributed by atoms with Gasteiger partial charge in [0, 0.05) is 19.0 Å². The van der Waals surface area contributed by atoms with Crippen molar-refractivity contribution in [2.75, 3.05) is 5.32 Å². The van der Waals surface area contributed by atoms with Crippen molar-refractivity contribution in [3.63, 3.8) is 0 Å². The Balaban J connectivity index is 2.03. The molecule has 0 unspecified atom stereocenters. The molecule has 3 aromatic heterocycles. The minimum absolute atomic E-state index is 0.322. The monoisotopic (exact) mass is 291 g/mol. The van der Waals surface area contributed by atoms with Crippen LogP contribution in [-0.2, 0) is 20.6 Å². The number of aryl methyl sites for hydroxylation is 1. The maximum absolute atomic E-state index is 12.0. The number of aromatic amines is 1. The number of aromatic nitrogens is 4. The summed E-state index contributed by atoms with van der Waals surface area (Å²) in [6.45, 7) is 0.617. The molecule has 0 aliphatic rings. The van der Waals surface area contributed by atoms with E-state index in [-0.39, 0.29) is 11.2 Å². The Labute approximate surface area is 117 Å². The zero-order valence-corrected chi connectivity index (χ0v) is 11.8. The number of hydrogen-bond donors (Lipinski definition) is 2. The fourth-order valence-electron chi connectivity index (χ4n) is 1.99. The van der Waals surface area contributed by atoms with Crippen molar-refractivity contribution in [3.05, 3.63) is 43.2 Å². The number of hydrogen-bond acceptors (Lipinski definition) is 5. The summed E-state index contributed by atoms with van der Waals surface area (Å²) in [5, 5.41) is 5.11. The number of imidazole rings is 1. The molecule has 0 atom stereocenters. The summed E-state index contributed by atoms with van der Waals surface area (Å²) >= 11 is 1.64. The highest BCUT2D eigenvalue weighted by atomic mass is 32.1. The zero-order valence-electron chi connectivity index (χ0n) is 11.0. The highest BCUT2D eigenvalue weighted by molar-refractivity contribution is 7.09. The molecule has 0 spiro atoms. The Morgan fingerprint density at radius 1 is 1.35 bits per heavy atom.